The summed E-state index contributed by atoms with van der Waals surface area (Å²) in [5.74, 6) is 1.95. The SMILES string of the molecule is Clc1ccc(-c2ccc(N3CCN(CC4CC4)CC3)nn2)cc1. The van der Waals surface area contributed by atoms with E-state index in [9.17, 15) is 0 Å². The number of halogens is 1. The topological polar surface area (TPSA) is 32.3 Å². The van der Waals surface area contributed by atoms with Gasteiger partial charge in [0.2, 0.25) is 0 Å². The van der Waals surface area contributed by atoms with Crippen molar-refractivity contribution in [3.05, 3.63) is 41.4 Å². The van der Waals surface area contributed by atoms with E-state index in [2.05, 4.69) is 26.1 Å². The Balaban J connectivity index is 1.39. The Kier molecular flexibility index (Phi) is 4.19. The number of anilines is 1. The van der Waals surface area contributed by atoms with Gasteiger partial charge in [-0.1, -0.05) is 23.7 Å². The Labute approximate surface area is 142 Å². The molecule has 1 aromatic heterocycles. The summed E-state index contributed by atoms with van der Waals surface area (Å²) < 4.78 is 0. The Morgan fingerprint density at radius 1 is 0.913 bits per heavy atom. The summed E-state index contributed by atoms with van der Waals surface area (Å²) in [6.45, 7) is 5.65. The van der Waals surface area contributed by atoms with Crippen LogP contribution in [0.25, 0.3) is 11.3 Å². The van der Waals surface area contributed by atoms with Crippen LogP contribution in [0.4, 0.5) is 5.82 Å². The Morgan fingerprint density at radius 3 is 2.26 bits per heavy atom. The molecule has 0 radical (unpaired) electrons. The van der Waals surface area contributed by atoms with Crippen molar-refractivity contribution >= 4 is 17.4 Å². The molecule has 1 aliphatic heterocycles. The number of rotatable bonds is 4. The van der Waals surface area contributed by atoms with Crippen molar-refractivity contribution in [1.29, 1.82) is 0 Å². The van der Waals surface area contributed by atoms with E-state index >= 15 is 0 Å². The van der Waals surface area contributed by atoms with Crippen LogP contribution in [0.5, 0.6) is 0 Å². The summed E-state index contributed by atoms with van der Waals surface area (Å²) in [6.07, 6.45) is 2.86. The predicted octanol–water partition coefficient (Wildman–Crippen LogP) is 3.33. The van der Waals surface area contributed by atoms with E-state index in [0.29, 0.717) is 0 Å². The Hall–Kier alpha value is -1.65. The first-order valence-electron chi connectivity index (χ1n) is 8.35. The lowest BCUT2D eigenvalue weighted by atomic mass is 10.1. The lowest BCUT2D eigenvalue weighted by molar-refractivity contribution is 0.247. The number of piperazine rings is 1. The maximum atomic E-state index is 5.93. The van der Waals surface area contributed by atoms with Crippen LogP contribution in [-0.4, -0.2) is 47.8 Å². The minimum absolute atomic E-state index is 0.738. The summed E-state index contributed by atoms with van der Waals surface area (Å²) in [5.41, 5.74) is 1.93. The van der Waals surface area contributed by atoms with Gasteiger partial charge < -0.3 is 4.90 Å². The Bertz CT molecular complexity index is 644. The van der Waals surface area contributed by atoms with E-state index in [4.69, 9.17) is 11.6 Å². The van der Waals surface area contributed by atoms with Crippen LogP contribution in [0.1, 0.15) is 12.8 Å². The van der Waals surface area contributed by atoms with E-state index in [0.717, 1.165) is 54.2 Å². The number of aromatic nitrogens is 2. The molecular weight excluding hydrogens is 308 g/mol. The van der Waals surface area contributed by atoms with E-state index in [1.165, 1.54) is 19.4 Å². The molecule has 4 nitrogen and oxygen atoms in total. The first-order chi connectivity index (χ1) is 11.3. The smallest absolute Gasteiger partial charge is 0.151 e. The number of benzene rings is 1. The summed E-state index contributed by atoms with van der Waals surface area (Å²) in [4.78, 5) is 4.92. The fourth-order valence-electron chi connectivity index (χ4n) is 3.09. The summed E-state index contributed by atoms with van der Waals surface area (Å²) >= 11 is 5.93. The van der Waals surface area contributed by atoms with Crippen molar-refractivity contribution in [2.45, 2.75) is 12.8 Å². The first kappa shape index (κ1) is 14.9. The third-order valence-electron chi connectivity index (χ3n) is 4.70. The van der Waals surface area contributed by atoms with Gasteiger partial charge in [-0.3, -0.25) is 4.90 Å². The Morgan fingerprint density at radius 2 is 1.65 bits per heavy atom. The maximum Gasteiger partial charge on any atom is 0.151 e. The molecule has 0 N–H and O–H groups in total. The monoisotopic (exact) mass is 328 g/mol. The highest BCUT2D eigenvalue weighted by atomic mass is 35.5. The van der Waals surface area contributed by atoms with Gasteiger partial charge in [-0.2, -0.15) is 0 Å². The van der Waals surface area contributed by atoms with Gasteiger partial charge in [0.1, 0.15) is 0 Å². The van der Waals surface area contributed by atoms with Crippen LogP contribution < -0.4 is 4.90 Å². The zero-order chi connectivity index (χ0) is 15.6. The van der Waals surface area contributed by atoms with Gasteiger partial charge in [-0.15, -0.1) is 10.2 Å². The zero-order valence-electron chi connectivity index (χ0n) is 13.2. The lowest BCUT2D eigenvalue weighted by Gasteiger charge is -2.35. The normalized spacial score (nSPS) is 19.1. The molecule has 2 fully saturated rings. The fourth-order valence-corrected chi connectivity index (χ4v) is 3.22. The molecule has 5 heteroatoms. The van der Waals surface area contributed by atoms with Gasteiger partial charge in [0.25, 0.3) is 0 Å². The molecule has 1 saturated heterocycles. The molecule has 2 aromatic rings. The molecule has 0 bridgehead atoms. The molecule has 120 valence electrons. The van der Waals surface area contributed by atoms with Gasteiger partial charge >= 0.3 is 0 Å². The molecule has 2 aliphatic rings. The second kappa shape index (κ2) is 6.46. The fraction of sp³-hybridized carbons (Fsp3) is 0.444. The molecule has 0 atom stereocenters. The molecule has 0 amide bonds. The molecule has 2 heterocycles. The van der Waals surface area contributed by atoms with Gasteiger partial charge in [-0.25, -0.2) is 0 Å². The minimum Gasteiger partial charge on any atom is -0.353 e. The van der Waals surface area contributed by atoms with Crippen molar-refractivity contribution in [3.8, 4) is 11.3 Å². The average Bonchev–Trinajstić information content (AvgIpc) is 3.41. The third kappa shape index (κ3) is 3.65. The predicted molar refractivity (Wildman–Crippen MR) is 93.9 cm³/mol. The zero-order valence-corrected chi connectivity index (χ0v) is 13.9. The highest BCUT2D eigenvalue weighted by molar-refractivity contribution is 6.30. The van der Waals surface area contributed by atoms with Crippen molar-refractivity contribution < 1.29 is 0 Å². The molecule has 1 aromatic carbocycles. The van der Waals surface area contributed by atoms with E-state index in [-0.39, 0.29) is 0 Å². The number of hydrogen-bond acceptors (Lipinski definition) is 4. The van der Waals surface area contributed by atoms with Gasteiger partial charge in [0, 0.05) is 43.3 Å². The van der Waals surface area contributed by atoms with Crippen molar-refractivity contribution in [2.75, 3.05) is 37.6 Å². The molecule has 0 spiro atoms. The highest BCUT2D eigenvalue weighted by Gasteiger charge is 2.26. The standard InChI is InChI=1S/C18H21ClN4/c19-16-5-3-15(4-6-16)17-7-8-18(21-20-17)23-11-9-22(10-12-23)13-14-1-2-14/h3-8,14H,1-2,9-13H2. The van der Waals surface area contributed by atoms with E-state index in [1.807, 2.05) is 30.3 Å². The molecule has 1 saturated carbocycles. The van der Waals surface area contributed by atoms with Crippen molar-refractivity contribution in [3.63, 3.8) is 0 Å². The number of hydrogen-bond donors (Lipinski definition) is 0. The quantitative estimate of drug-likeness (QED) is 0.861. The van der Waals surface area contributed by atoms with Crippen molar-refractivity contribution in [2.24, 2.45) is 5.92 Å². The maximum absolute atomic E-state index is 5.93. The molecule has 4 rings (SSSR count). The van der Waals surface area contributed by atoms with Crippen molar-refractivity contribution in [1.82, 2.24) is 15.1 Å². The second-order valence-corrected chi connectivity index (χ2v) is 6.95. The summed E-state index contributed by atoms with van der Waals surface area (Å²) in [7, 11) is 0. The highest BCUT2D eigenvalue weighted by Crippen LogP contribution is 2.30. The van der Waals surface area contributed by atoms with Crippen LogP contribution in [0.15, 0.2) is 36.4 Å². The molecular formula is C18H21ClN4. The number of nitrogens with zero attached hydrogens (tertiary/aromatic N) is 4. The minimum atomic E-state index is 0.738. The summed E-state index contributed by atoms with van der Waals surface area (Å²) in [5, 5.41) is 9.55. The van der Waals surface area contributed by atoms with Crippen LogP contribution >= 0.6 is 11.6 Å². The molecule has 1 aliphatic carbocycles. The van der Waals surface area contributed by atoms with Gasteiger partial charge in [-0.05, 0) is 43.0 Å². The molecule has 23 heavy (non-hydrogen) atoms. The van der Waals surface area contributed by atoms with Gasteiger partial charge in [0.15, 0.2) is 5.82 Å². The second-order valence-electron chi connectivity index (χ2n) is 6.51. The average molecular weight is 329 g/mol. The van der Waals surface area contributed by atoms with E-state index in [1.54, 1.807) is 0 Å². The molecule has 0 unspecified atom stereocenters. The lowest BCUT2D eigenvalue weighted by Crippen LogP contribution is -2.47. The first-order valence-corrected chi connectivity index (χ1v) is 8.73. The summed E-state index contributed by atoms with van der Waals surface area (Å²) in [6, 6.07) is 11.8. The van der Waals surface area contributed by atoms with Crippen LogP contribution in [0, 0.1) is 5.92 Å². The van der Waals surface area contributed by atoms with Crippen LogP contribution in [-0.2, 0) is 0 Å². The van der Waals surface area contributed by atoms with Crippen LogP contribution in [0.2, 0.25) is 5.02 Å². The van der Waals surface area contributed by atoms with Crippen LogP contribution in [0.3, 0.4) is 0 Å². The van der Waals surface area contributed by atoms with Gasteiger partial charge in [0.05, 0.1) is 5.69 Å². The third-order valence-corrected chi connectivity index (χ3v) is 4.95. The van der Waals surface area contributed by atoms with E-state index < -0.39 is 0 Å². The largest absolute Gasteiger partial charge is 0.353 e.